The Morgan fingerprint density at radius 1 is 0.640 bits per heavy atom. The van der Waals surface area contributed by atoms with E-state index in [4.69, 9.17) is 31.6 Å². The van der Waals surface area contributed by atoms with E-state index in [-0.39, 0.29) is 48.5 Å². The number of carbonyl (C=O) groups excluding carboxylic acids is 2. The Morgan fingerprint density at radius 2 is 1.10 bits per heavy atom. The second-order valence-corrected chi connectivity index (χ2v) is 19.1. The summed E-state index contributed by atoms with van der Waals surface area (Å²) in [5, 5.41) is -0.0606. The normalized spacial score (nSPS) is 12.7. The molecule has 3 rings (SSSR count). The predicted molar refractivity (Wildman–Crippen MR) is 204 cm³/mol. The first-order valence-electron chi connectivity index (χ1n) is 16.7. The largest absolute Gasteiger partial charge is 0.643 e. The van der Waals surface area contributed by atoms with Crippen LogP contribution in [0.3, 0.4) is 0 Å². The fourth-order valence-electron chi connectivity index (χ4n) is 5.24. The highest BCUT2D eigenvalue weighted by molar-refractivity contribution is 7.99. The van der Waals surface area contributed by atoms with E-state index in [0.717, 1.165) is 52.6 Å². The molecule has 3 aromatic rings. The molecule has 9 nitrogen and oxygen atoms in total. The maximum atomic E-state index is 13.0. The molecule has 0 fully saturated rings. The maximum absolute atomic E-state index is 13.0. The van der Waals surface area contributed by atoms with Gasteiger partial charge in [-0.05, 0) is 52.7 Å². The van der Waals surface area contributed by atoms with Crippen molar-refractivity contribution in [2.24, 2.45) is 0 Å². The lowest BCUT2D eigenvalue weighted by molar-refractivity contribution is -0.145. The van der Waals surface area contributed by atoms with E-state index >= 15 is 0 Å². The van der Waals surface area contributed by atoms with E-state index in [1.807, 2.05) is 84.9 Å². The number of hydrogen-bond acceptors (Lipinski definition) is 11. The number of hydrogen-bond donors (Lipinski definition) is 0. The first-order chi connectivity index (χ1) is 24.3. The van der Waals surface area contributed by atoms with Crippen molar-refractivity contribution >= 4 is 53.6 Å². The summed E-state index contributed by atoms with van der Waals surface area (Å²) >= 11 is 3.47. The number of esters is 2. The predicted octanol–water partition coefficient (Wildman–Crippen LogP) is 7.94. The summed E-state index contributed by atoms with van der Waals surface area (Å²) in [4.78, 5) is 26.0. The summed E-state index contributed by atoms with van der Waals surface area (Å²) in [5.41, 5.74) is 3.85. The van der Waals surface area contributed by atoms with Gasteiger partial charge in [0, 0.05) is 37.9 Å². The zero-order valence-corrected chi connectivity index (χ0v) is 33.4. The first-order valence-corrected chi connectivity index (χ1v) is 22.2. The lowest BCUT2D eigenvalue weighted by atomic mass is 10.1. The molecule has 3 aromatic carbocycles. The van der Waals surface area contributed by atoms with Crippen LogP contribution < -0.4 is 0 Å². The monoisotopic (exact) mass is 759 g/mol. The summed E-state index contributed by atoms with van der Waals surface area (Å²) in [6.45, 7) is 0.282. The van der Waals surface area contributed by atoms with Crippen LogP contribution in [0.2, 0.25) is 12.1 Å². The number of rotatable bonds is 25. The molecule has 0 spiro atoms. The third kappa shape index (κ3) is 15.0. The van der Waals surface area contributed by atoms with Gasteiger partial charge in [0.2, 0.25) is 0 Å². The summed E-state index contributed by atoms with van der Waals surface area (Å²) in [6, 6.07) is 29.2. The minimum atomic E-state index is -2.64. The van der Waals surface area contributed by atoms with Crippen LogP contribution in [0.25, 0.3) is 0 Å². The first kappa shape index (κ1) is 42.0. The standard InChI is InChI=1S/C37H51O9S2Si2/c1-40-49(41-2)23-13-21-47-34(32-17-8-6-9-18-32)26-36(38)45-28-30-15-12-16-31(25-30)29-46-37(39)27-35(33-19-10-7-11-20-33)48-22-14-24-50(42-3,43-4)44-5/h6-12,15-20,25,34-35H,13-14,21-24,26-29H2,1-5H3/q+1. The minimum Gasteiger partial charge on any atom is -0.461 e. The molecule has 0 radical (unpaired) electrons. The van der Waals surface area contributed by atoms with Crippen LogP contribution in [0.4, 0.5) is 0 Å². The minimum absolute atomic E-state index is 0.00966. The Labute approximate surface area is 309 Å². The van der Waals surface area contributed by atoms with Crippen molar-refractivity contribution in [3.05, 3.63) is 107 Å². The summed E-state index contributed by atoms with van der Waals surface area (Å²) in [7, 11) is 4.34. The number of benzene rings is 3. The molecular formula is C37H51O9S2Si2+. The molecule has 272 valence electrons. The molecule has 0 N–H and O–H groups in total. The molecule has 13 heteroatoms. The van der Waals surface area contributed by atoms with Gasteiger partial charge in [0.1, 0.15) is 19.3 Å². The molecule has 0 aliphatic heterocycles. The van der Waals surface area contributed by atoms with Crippen LogP contribution in [-0.2, 0) is 54.4 Å². The van der Waals surface area contributed by atoms with Gasteiger partial charge in [-0.25, -0.2) is 8.85 Å². The van der Waals surface area contributed by atoms with Crippen LogP contribution in [0.5, 0.6) is 0 Å². The highest BCUT2D eigenvalue weighted by Gasteiger charge is 2.37. The number of thioether (sulfide) groups is 2. The molecule has 0 heterocycles. The highest BCUT2D eigenvalue weighted by Crippen LogP contribution is 2.35. The van der Waals surface area contributed by atoms with Crippen molar-refractivity contribution in [2.45, 2.75) is 61.5 Å². The average Bonchev–Trinajstić information content (AvgIpc) is 3.16. The van der Waals surface area contributed by atoms with Crippen LogP contribution in [0, 0.1) is 0 Å². The molecular weight excluding hydrogens is 709 g/mol. The Bertz CT molecular complexity index is 1370. The highest BCUT2D eigenvalue weighted by atomic mass is 32.2. The molecule has 50 heavy (non-hydrogen) atoms. The molecule has 0 saturated heterocycles. The molecule has 0 amide bonds. The lowest BCUT2D eigenvalue weighted by Crippen LogP contribution is -2.42. The maximum Gasteiger partial charge on any atom is 0.643 e. The van der Waals surface area contributed by atoms with Crippen molar-refractivity contribution in [1.29, 1.82) is 0 Å². The molecule has 0 aliphatic rings. The van der Waals surface area contributed by atoms with Crippen molar-refractivity contribution < 1.29 is 41.2 Å². The van der Waals surface area contributed by atoms with Gasteiger partial charge in [0.05, 0.1) is 27.1 Å². The van der Waals surface area contributed by atoms with Gasteiger partial charge >= 0.3 is 30.0 Å². The van der Waals surface area contributed by atoms with E-state index in [2.05, 4.69) is 0 Å². The third-order valence-electron chi connectivity index (χ3n) is 8.02. The van der Waals surface area contributed by atoms with Crippen molar-refractivity contribution in [2.75, 3.05) is 47.1 Å². The summed E-state index contributed by atoms with van der Waals surface area (Å²) in [5.74, 6) is 1.17. The SMILES string of the molecule is CO[Si+](CCCSC(CC(=O)OCc1cccc(COC(=O)CC(SCCC[Si](OC)(OC)OC)c2ccccc2)c1)c1ccccc1)OC. The average molecular weight is 760 g/mol. The van der Waals surface area contributed by atoms with E-state index < -0.39 is 18.1 Å². The van der Waals surface area contributed by atoms with Gasteiger partial charge in [-0.3, -0.25) is 9.59 Å². The van der Waals surface area contributed by atoms with Gasteiger partial charge in [0.15, 0.2) is 0 Å². The third-order valence-corrected chi connectivity index (χ3v) is 15.3. The lowest BCUT2D eigenvalue weighted by Gasteiger charge is -2.24. The quantitative estimate of drug-likeness (QED) is 0.0479. The molecule has 0 aliphatic carbocycles. The van der Waals surface area contributed by atoms with E-state index in [1.54, 1.807) is 59.1 Å². The smallest absolute Gasteiger partial charge is 0.461 e. The Hall–Kier alpha value is -2.47. The molecule has 2 atom stereocenters. The van der Waals surface area contributed by atoms with Crippen molar-refractivity contribution in [3.8, 4) is 0 Å². The van der Waals surface area contributed by atoms with Gasteiger partial charge in [-0.2, -0.15) is 23.5 Å². The topological polar surface area (TPSA) is 98.8 Å². The second kappa shape index (κ2) is 23.9. The number of ether oxygens (including phenoxy) is 2. The fraction of sp³-hybridized carbons (Fsp3) is 0.459. The molecule has 0 saturated carbocycles. The van der Waals surface area contributed by atoms with Crippen LogP contribution in [-0.4, -0.2) is 77.1 Å². The van der Waals surface area contributed by atoms with Crippen molar-refractivity contribution in [1.82, 2.24) is 0 Å². The molecule has 0 bridgehead atoms. The summed E-state index contributed by atoms with van der Waals surface area (Å²) < 4.78 is 38.8. The van der Waals surface area contributed by atoms with Gasteiger partial charge in [0.25, 0.3) is 0 Å². The molecule has 0 aromatic heterocycles. The Morgan fingerprint density at radius 3 is 1.54 bits per heavy atom. The Balaban J connectivity index is 1.49. The zero-order chi connectivity index (χ0) is 36.0. The van der Waals surface area contributed by atoms with Crippen LogP contribution in [0.15, 0.2) is 84.9 Å². The van der Waals surface area contributed by atoms with Gasteiger partial charge < -0.3 is 22.8 Å². The zero-order valence-electron chi connectivity index (χ0n) is 29.8. The van der Waals surface area contributed by atoms with E-state index in [9.17, 15) is 9.59 Å². The summed E-state index contributed by atoms with van der Waals surface area (Å²) in [6.07, 6.45) is 2.29. The fourth-order valence-corrected chi connectivity index (χ4v) is 10.9. The Kier molecular flexibility index (Phi) is 20.1. The van der Waals surface area contributed by atoms with Crippen LogP contribution >= 0.6 is 23.5 Å². The van der Waals surface area contributed by atoms with E-state index in [0.29, 0.717) is 6.04 Å². The van der Waals surface area contributed by atoms with Gasteiger partial charge in [-0.1, -0.05) is 78.9 Å². The van der Waals surface area contributed by atoms with Crippen LogP contribution in [0.1, 0.15) is 58.4 Å². The second-order valence-electron chi connectivity index (χ2n) is 11.4. The van der Waals surface area contributed by atoms with Gasteiger partial charge in [-0.15, -0.1) is 0 Å². The number of carbonyl (C=O) groups is 2. The van der Waals surface area contributed by atoms with Crippen molar-refractivity contribution in [3.63, 3.8) is 0 Å². The van der Waals surface area contributed by atoms with E-state index in [1.165, 1.54) is 0 Å². The molecule has 2 unspecified atom stereocenters.